The van der Waals surface area contributed by atoms with Crippen LogP contribution in [0.15, 0.2) is 24.3 Å². The number of carbonyl (C=O) groups is 1. The number of unbranched alkanes of at least 4 members (excludes halogenated alkanes) is 7. The SMILES string of the molecule is CCOC(=O)CCCCCCCCCCc1ccccc1I. The first-order valence-electron chi connectivity index (χ1n) is 8.63. The Morgan fingerprint density at radius 3 is 2.18 bits per heavy atom. The van der Waals surface area contributed by atoms with Crippen LogP contribution in [0.25, 0.3) is 0 Å². The molecule has 0 spiro atoms. The van der Waals surface area contributed by atoms with Crippen LogP contribution in [0.2, 0.25) is 0 Å². The molecule has 1 aromatic carbocycles. The molecule has 0 radical (unpaired) electrons. The van der Waals surface area contributed by atoms with E-state index in [1.807, 2.05) is 6.92 Å². The van der Waals surface area contributed by atoms with E-state index in [1.165, 1.54) is 54.1 Å². The molecule has 1 rings (SSSR count). The van der Waals surface area contributed by atoms with Gasteiger partial charge >= 0.3 is 5.97 Å². The van der Waals surface area contributed by atoms with E-state index in [2.05, 4.69) is 46.9 Å². The Kier molecular flexibility index (Phi) is 11.4. The van der Waals surface area contributed by atoms with Crippen molar-refractivity contribution in [3.8, 4) is 0 Å². The van der Waals surface area contributed by atoms with Crippen LogP contribution in [0, 0.1) is 3.57 Å². The monoisotopic (exact) mass is 416 g/mol. The third-order valence-electron chi connectivity index (χ3n) is 3.84. The molecule has 0 heterocycles. The summed E-state index contributed by atoms with van der Waals surface area (Å²) in [4.78, 5) is 11.2. The second kappa shape index (κ2) is 12.9. The van der Waals surface area contributed by atoms with Crippen molar-refractivity contribution in [2.24, 2.45) is 0 Å². The molecule has 3 heteroatoms. The fraction of sp³-hybridized carbons (Fsp3) is 0.632. The van der Waals surface area contributed by atoms with Crippen molar-refractivity contribution in [2.45, 2.75) is 71.1 Å². The van der Waals surface area contributed by atoms with Gasteiger partial charge in [-0.15, -0.1) is 0 Å². The van der Waals surface area contributed by atoms with Gasteiger partial charge < -0.3 is 4.74 Å². The molecule has 0 atom stereocenters. The maximum absolute atomic E-state index is 11.2. The number of carbonyl (C=O) groups excluding carboxylic acids is 1. The van der Waals surface area contributed by atoms with Crippen molar-refractivity contribution in [3.05, 3.63) is 33.4 Å². The van der Waals surface area contributed by atoms with Gasteiger partial charge in [0.25, 0.3) is 0 Å². The molecular weight excluding hydrogens is 387 g/mol. The van der Waals surface area contributed by atoms with E-state index in [0.29, 0.717) is 13.0 Å². The zero-order valence-corrected chi connectivity index (χ0v) is 15.9. The average molecular weight is 416 g/mol. The molecule has 0 fully saturated rings. The Hall–Kier alpha value is -0.580. The van der Waals surface area contributed by atoms with Crippen molar-refractivity contribution >= 4 is 28.6 Å². The Morgan fingerprint density at radius 1 is 0.955 bits per heavy atom. The number of halogens is 1. The topological polar surface area (TPSA) is 26.3 Å². The molecule has 0 saturated carbocycles. The normalized spacial score (nSPS) is 10.6. The summed E-state index contributed by atoms with van der Waals surface area (Å²) in [5.41, 5.74) is 1.49. The minimum Gasteiger partial charge on any atom is -0.466 e. The van der Waals surface area contributed by atoms with Crippen molar-refractivity contribution in [3.63, 3.8) is 0 Å². The maximum Gasteiger partial charge on any atom is 0.305 e. The Morgan fingerprint density at radius 2 is 1.55 bits per heavy atom. The van der Waals surface area contributed by atoms with Crippen molar-refractivity contribution in [1.82, 2.24) is 0 Å². The van der Waals surface area contributed by atoms with Gasteiger partial charge in [0, 0.05) is 9.99 Å². The highest BCUT2D eigenvalue weighted by atomic mass is 127. The van der Waals surface area contributed by atoms with E-state index >= 15 is 0 Å². The predicted octanol–water partition coefficient (Wildman–Crippen LogP) is 5.91. The summed E-state index contributed by atoms with van der Waals surface area (Å²) in [6.07, 6.45) is 11.7. The summed E-state index contributed by atoms with van der Waals surface area (Å²) in [7, 11) is 0. The van der Waals surface area contributed by atoms with Crippen molar-refractivity contribution < 1.29 is 9.53 Å². The number of benzene rings is 1. The average Bonchev–Trinajstić information content (AvgIpc) is 2.51. The highest BCUT2D eigenvalue weighted by Gasteiger charge is 2.01. The van der Waals surface area contributed by atoms with E-state index in [-0.39, 0.29) is 5.97 Å². The zero-order valence-electron chi connectivity index (χ0n) is 13.8. The number of aryl methyl sites for hydroxylation is 1. The van der Waals surface area contributed by atoms with Gasteiger partial charge in [0.05, 0.1) is 6.61 Å². The molecule has 2 nitrogen and oxygen atoms in total. The number of hydrogen-bond donors (Lipinski definition) is 0. The number of rotatable bonds is 12. The zero-order chi connectivity index (χ0) is 16.0. The molecule has 0 N–H and O–H groups in total. The summed E-state index contributed by atoms with van der Waals surface area (Å²) < 4.78 is 6.31. The van der Waals surface area contributed by atoms with Gasteiger partial charge in [-0.3, -0.25) is 4.79 Å². The number of hydrogen-bond acceptors (Lipinski definition) is 2. The molecular formula is C19H29IO2. The Balaban J connectivity index is 1.88. The van der Waals surface area contributed by atoms with Crippen LogP contribution in [0.5, 0.6) is 0 Å². The van der Waals surface area contributed by atoms with Crippen LogP contribution in [0.1, 0.15) is 70.3 Å². The third kappa shape index (κ3) is 9.44. The minimum atomic E-state index is -0.0435. The smallest absolute Gasteiger partial charge is 0.305 e. The molecule has 0 unspecified atom stereocenters. The minimum absolute atomic E-state index is 0.0435. The first-order valence-corrected chi connectivity index (χ1v) is 9.71. The maximum atomic E-state index is 11.2. The van der Waals surface area contributed by atoms with E-state index in [0.717, 1.165) is 12.8 Å². The largest absolute Gasteiger partial charge is 0.466 e. The molecule has 0 aliphatic carbocycles. The van der Waals surface area contributed by atoms with Crippen LogP contribution >= 0.6 is 22.6 Å². The lowest BCUT2D eigenvalue weighted by Crippen LogP contribution is -2.03. The molecule has 22 heavy (non-hydrogen) atoms. The van der Waals surface area contributed by atoms with Gasteiger partial charge in [0.2, 0.25) is 0 Å². The van der Waals surface area contributed by atoms with Crippen LogP contribution in [0.4, 0.5) is 0 Å². The summed E-state index contributed by atoms with van der Waals surface area (Å²) >= 11 is 2.42. The lowest BCUT2D eigenvalue weighted by atomic mass is 10.0. The van der Waals surface area contributed by atoms with Gasteiger partial charge in [-0.1, -0.05) is 56.7 Å². The van der Waals surface area contributed by atoms with Crippen molar-refractivity contribution in [2.75, 3.05) is 6.61 Å². The second-order valence-electron chi connectivity index (χ2n) is 5.72. The molecule has 0 aliphatic rings. The summed E-state index contributed by atoms with van der Waals surface area (Å²) in [6, 6.07) is 8.67. The quantitative estimate of drug-likeness (QED) is 0.241. The predicted molar refractivity (Wildman–Crippen MR) is 101 cm³/mol. The number of esters is 1. The van der Waals surface area contributed by atoms with Gasteiger partial charge in [-0.05, 0) is 60.4 Å². The number of ether oxygens (including phenoxy) is 1. The summed E-state index contributed by atoms with van der Waals surface area (Å²) in [6.45, 7) is 2.36. The van der Waals surface area contributed by atoms with Gasteiger partial charge in [0.15, 0.2) is 0 Å². The summed E-state index contributed by atoms with van der Waals surface area (Å²) in [5, 5.41) is 0. The Labute approximate surface area is 149 Å². The first kappa shape index (κ1) is 19.5. The van der Waals surface area contributed by atoms with Crippen LogP contribution < -0.4 is 0 Å². The van der Waals surface area contributed by atoms with Gasteiger partial charge in [-0.2, -0.15) is 0 Å². The van der Waals surface area contributed by atoms with E-state index < -0.39 is 0 Å². The molecule has 0 aromatic heterocycles. The summed E-state index contributed by atoms with van der Waals surface area (Å²) in [5.74, 6) is -0.0435. The lowest BCUT2D eigenvalue weighted by molar-refractivity contribution is -0.143. The third-order valence-corrected chi connectivity index (χ3v) is 4.89. The van der Waals surface area contributed by atoms with Crippen LogP contribution in [-0.2, 0) is 16.0 Å². The Bertz CT molecular complexity index is 418. The fourth-order valence-electron chi connectivity index (χ4n) is 2.58. The molecule has 1 aromatic rings. The molecule has 0 amide bonds. The second-order valence-corrected chi connectivity index (χ2v) is 6.89. The molecule has 0 bridgehead atoms. The molecule has 0 aliphatic heterocycles. The molecule has 124 valence electrons. The van der Waals surface area contributed by atoms with E-state index in [1.54, 1.807) is 0 Å². The highest BCUT2D eigenvalue weighted by Crippen LogP contribution is 2.16. The highest BCUT2D eigenvalue weighted by molar-refractivity contribution is 14.1. The van der Waals surface area contributed by atoms with E-state index in [4.69, 9.17) is 4.74 Å². The lowest BCUT2D eigenvalue weighted by Gasteiger charge is -2.05. The fourth-order valence-corrected chi connectivity index (χ4v) is 3.24. The van der Waals surface area contributed by atoms with Gasteiger partial charge in [0.1, 0.15) is 0 Å². The molecule has 0 saturated heterocycles. The van der Waals surface area contributed by atoms with Crippen molar-refractivity contribution in [1.29, 1.82) is 0 Å². The van der Waals surface area contributed by atoms with Crippen LogP contribution in [0.3, 0.4) is 0 Å². The van der Waals surface area contributed by atoms with Crippen LogP contribution in [-0.4, -0.2) is 12.6 Å². The van der Waals surface area contributed by atoms with Gasteiger partial charge in [-0.25, -0.2) is 0 Å². The van der Waals surface area contributed by atoms with E-state index in [9.17, 15) is 4.79 Å². The standard InChI is InChI=1S/C19H29IO2/c1-2-22-19(21)16-10-8-6-4-3-5-7-9-13-17-14-11-12-15-18(17)20/h11-12,14-15H,2-10,13,16H2,1H3. The first-order chi connectivity index (χ1) is 10.7.